The summed E-state index contributed by atoms with van der Waals surface area (Å²) in [4.78, 5) is 0. The van der Waals surface area contributed by atoms with Crippen LogP contribution in [0, 0.1) is 0 Å². The molecule has 2 aromatic carbocycles. The average molecular weight is 346 g/mol. The van der Waals surface area contributed by atoms with Crippen LogP contribution >= 0.6 is 15.9 Å². The van der Waals surface area contributed by atoms with Crippen molar-refractivity contribution < 1.29 is 0 Å². The number of benzene rings is 2. The van der Waals surface area contributed by atoms with Crippen LogP contribution in [-0.4, -0.2) is 6.54 Å². The summed E-state index contributed by atoms with van der Waals surface area (Å²) >= 11 is 3.53. The third-order valence-electron chi connectivity index (χ3n) is 3.86. The van der Waals surface area contributed by atoms with E-state index >= 15 is 0 Å². The average Bonchev–Trinajstić information content (AvgIpc) is 2.50. The highest BCUT2D eigenvalue weighted by Gasteiger charge is 2.12. The molecule has 0 saturated carbocycles. The minimum absolute atomic E-state index is 0.366. The molecule has 1 unspecified atom stereocenters. The predicted octanol–water partition coefficient (Wildman–Crippen LogP) is 6.00. The maximum absolute atomic E-state index is 4.17. The predicted molar refractivity (Wildman–Crippen MR) is 96.7 cm³/mol. The number of rotatable bonds is 7. The highest BCUT2D eigenvalue weighted by atomic mass is 79.9. The molecule has 112 valence electrons. The van der Waals surface area contributed by atoms with Crippen molar-refractivity contribution in [2.45, 2.75) is 39.2 Å². The van der Waals surface area contributed by atoms with Gasteiger partial charge in [0.05, 0.1) is 0 Å². The summed E-state index contributed by atoms with van der Waals surface area (Å²) in [6.45, 7) is 9.60. The van der Waals surface area contributed by atoms with Crippen molar-refractivity contribution in [3.63, 3.8) is 0 Å². The normalized spacial score (nSPS) is 12.5. The third kappa shape index (κ3) is 4.42. The Labute approximate surface area is 136 Å². The number of fused-ring (bicyclic) bond motifs is 1. The molecule has 2 heteroatoms. The van der Waals surface area contributed by atoms with Gasteiger partial charge in [-0.15, -0.1) is 0 Å². The summed E-state index contributed by atoms with van der Waals surface area (Å²) in [5.41, 5.74) is 2.66. The maximum atomic E-state index is 4.17. The lowest BCUT2D eigenvalue weighted by molar-refractivity contribution is 0.524. The van der Waals surface area contributed by atoms with Crippen molar-refractivity contribution in [3.8, 4) is 0 Å². The van der Waals surface area contributed by atoms with Crippen LogP contribution in [0.4, 0.5) is 0 Å². The molecule has 0 amide bonds. The Morgan fingerprint density at radius 1 is 1.14 bits per heavy atom. The minimum Gasteiger partial charge on any atom is -0.310 e. The summed E-state index contributed by atoms with van der Waals surface area (Å²) in [7, 11) is 0. The summed E-state index contributed by atoms with van der Waals surface area (Å²) in [6.07, 6.45) is 3.21. The first-order valence-corrected chi connectivity index (χ1v) is 8.52. The molecule has 0 aliphatic carbocycles. The van der Waals surface area contributed by atoms with Crippen LogP contribution in [0.1, 0.15) is 44.7 Å². The molecule has 1 N–H and O–H groups in total. The van der Waals surface area contributed by atoms with Gasteiger partial charge in [0.1, 0.15) is 0 Å². The number of halogens is 1. The van der Waals surface area contributed by atoms with E-state index in [2.05, 4.69) is 78.1 Å². The Bertz CT molecular complexity index is 618. The van der Waals surface area contributed by atoms with Crippen LogP contribution in [0.15, 0.2) is 53.0 Å². The molecule has 2 aromatic rings. The highest BCUT2D eigenvalue weighted by molar-refractivity contribution is 9.10. The lowest BCUT2D eigenvalue weighted by Gasteiger charge is -2.20. The molecule has 0 spiro atoms. The molecule has 0 aromatic heterocycles. The molecular formula is C19H24BrN. The fraction of sp³-hybridized carbons (Fsp3) is 0.368. The quantitative estimate of drug-likeness (QED) is 0.606. The monoisotopic (exact) mass is 345 g/mol. The second-order valence-electron chi connectivity index (χ2n) is 5.57. The molecule has 0 bridgehead atoms. The first-order valence-electron chi connectivity index (χ1n) is 7.73. The van der Waals surface area contributed by atoms with Crippen molar-refractivity contribution in [1.29, 1.82) is 0 Å². The number of hydrogen-bond donors (Lipinski definition) is 1. The van der Waals surface area contributed by atoms with Gasteiger partial charge < -0.3 is 5.32 Å². The van der Waals surface area contributed by atoms with Gasteiger partial charge in [-0.05, 0) is 60.3 Å². The Balaban J connectivity index is 2.29. The van der Waals surface area contributed by atoms with E-state index in [-0.39, 0.29) is 0 Å². The van der Waals surface area contributed by atoms with Crippen LogP contribution < -0.4 is 5.32 Å². The van der Waals surface area contributed by atoms with Crippen LogP contribution in [0.2, 0.25) is 0 Å². The lowest BCUT2D eigenvalue weighted by atomic mass is 9.96. The van der Waals surface area contributed by atoms with Gasteiger partial charge in [0.2, 0.25) is 0 Å². The first-order chi connectivity index (χ1) is 10.1. The maximum Gasteiger partial charge on any atom is 0.0357 e. The molecular weight excluding hydrogens is 322 g/mol. The fourth-order valence-electron chi connectivity index (χ4n) is 2.51. The SMILES string of the molecule is C=C(CC)CC(NCCC)c1ccc2cc(Br)ccc2c1. The second kappa shape index (κ2) is 7.77. The van der Waals surface area contributed by atoms with E-state index in [1.165, 1.54) is 21.9 Å². The fourth-order valence-corrected chi connectivity index (χ4v) is 2.89. The van der Waals surface area contributed by atoms with Crippen molar-refractivity contribution in [2.24, 2.45) is 0 Å². The Morgan fingerprint density at radius 3 is 2.57 bits per heavy atom. The van der Waals surface area contributed by atoms with Gasteiger partial charge in [0.15, 0.2) is 0 Å². The van der Waals surface area contributed by atoms with E-state index < -0.39 is 0 Å². The zero-order chi connectivity index (χ0) is 15.2. The second-order valence-corrected chi connectivity index (χ2v) is 6.48. The molecule has 0 fully saturated rings. The Morgan fingerprint density at radius 2 is 1.86 bits per heavy atom. The van der Waals surface area contributed by atoms with Gasteiger partial charge in [-0.1, -0.05) is 60.1 Å². The van der Waals surface area contributed by atoms with Gasteiger partial charge in [-0.2, -0.15) is 0 Å². The molecule has 21 heavy (non-hydrogen) atoms. The van der Waals surface area contributed by atoms with Crippen LogP contribution in [0.5, 0.6) is 0 Å². The summed E-state index contributed by atoms with van der Waals surface area (Å²) in [5.74, 6) is 0. The van der Waals surface area contributed by atoms with Crippen molar-refractivity contribution >= 4 is 26.7 Å². The highest BCUT2D eigenvalue weighted by Crippen LogP contribution is 2.27. The number of hydrogen-bond acceptors (Lipinski definition) is 1. The van der Waals surface area contributed by atoms with Crippen LogP contribution in [0.3, 0.4) is 0 Å². The molecule has 0 aliphatic rings. The lowest BCUT2D eigenvalue weighted by Crippen LogP contribution is -2.22. The van der Waals surface area contributed by atoms with Crippen molar-refractivity contribution in [2.75, 3.05) is 6.54 Å². The molecule has 0 saturated heterocycles. The van der Waals surface area contributed by atoms with Crippen molar-refractivity contribution in [1.82, 2.24) is 5.32 Å². The largest absolute Gasteiger partial charge is 0.310 e. The molecule has 0 aliphatic heterocycles. The molecule has 0 radical (unpaired) electrons. The third-order valence-corrected chi connectivity index (χ3v) is 4.36. The molecule has 1 atom stereocenters. The minimum atomic E-state index is 0.366. The zero-order valence-electron chi connectivity index (χ0n) is 13.0. The first kappa shape index (κ1) is 16.3. The summed E-state index contributed by atoms with van der Waals surface area (Å²) in [5, 5.41) is 6.22. The van der Waals surface area contributed by atoms with E-state index in [0.717, 1.165) is 30.3 Å². The van der Waals surface area contributed by atoms with Gasteiger partial charge >= 0.3 is 0 Å². The molecule has 1 nitrogen and oxygen atoms in total. The van der Waals surface area contributed by atoms with E-state index in [1.54, 1.807) is 0 Å². The molecule has 0 heterocycles. The van der Waals surface area contributed by atoms with Crippen LogP contribution in [-0.2, 0) is 0 Å². The molecule has 2 rings (SSSR count). The Hall–Kier alpha value is -1.12. The van der Waals surface area contributed by atoms with E-state index in [0.29, 0.717) is 6.04 Å². The van der Waals surface area contributed by atoms with E-state index in [1.807, 2.05) is 0 Å². The smallest absolute Gasteiger partial charge is 0.0357 e. The summed E-state index contributed by atoms with van der Waals surface area (Å²) < 4.78 is 1.13. The standard InChI is InChI=1S/C19H24BrN/c1-4-10-21-19(11-14(3)5-2)17-7-6-16-13-18(20)9-8-15(16)12-17/h6-9,12-13,19,21H,3-5,10-11H2,1-2H3. The van der Waals surface area contributed by atoms with E-state index in [9.17, 15) is 0 Å². The van der Waals surface area contributed by atoms with Crippen LogP contribution in [0.25, 0.3) is 10.8 Å². The van der Waals surface area contributed by atoms with Gasteiger partial charge in [0.25, 0.3) is 0 Å². The number of nitrogens with one attached hydrogen (secondary N) is 1. The van der Waals surface area contributed by atoms with Gasteiger partial charge in [0, 0.05) is 10.5 Å². The summed E-state index contributed by atoms with van der Waals surface area (Å²) in [6, 6.07) is 13.6. The van der Waals surface area contributed by atoms with Crippen molar-refractivity contribution in [3.05, 3.63) is 58.6 Å². The Kier molecular flexibility index (Phi) is 6.01. The topological polar surface area (TPSA) is 12.0 Å². The van der Waals surface area contributed by atoms with E-state index in [4.69, 9.17) is 0 Å². The zero-order valence-corrected chi connectivity index (χ0v) is 14.5. The van der Waals surface area contributed by atoms with Gasteiger partial charge in [-0.3, -0.25) is 0 Å². The van der Waals surface area contributed by atoms with Gasteiger partial charge in [-0.25, -0.2) is 0 Å².